The highest BCUT2D eigenvalue weighted by atomic mass is 35.5. The van der Waals surface area contributed by atoms with Crippen LogP contribution in [-0.2, 0) is 20.9 Å². The van der Waals surface area contributed by atoms with E-state index in [2.05, 4.69) is 10.3 Å². The van der Waals surface area contributed by atoms with E-state index in [1.807, 2.05) is 6.07 Å². The Labute approximate surface area is 192 Å². The number of rotatable bonds is 6. The van der Waals surface area contributed by atoms with E-state index in [1.165, 1.54) is 21.0 Å². The molecule has 1 saturated heterocycles. The van der Waals surface area contributed by atoms with Crippen molar-refractivity contribution >= 4 is 34.9 Å². The van der Waals surface area contributed by atoms with Crippen LogP contribution in [0.5, 0.6) is 0 Å². The van der Waals surface area contributed by atoms with E-state index in [4.69, 9.17) is 38.1 Å². The van der Waals surface area contributed by atoms with Crippen molar-refractivity contribution in [3.8, 4) is 11.8 Å². The Balaban J connectivity index is 1.49. The Bertz CT molecular complexity index is 1160. The van der Waals surface area contributed by atoms with Gasteiger partial charge in [-0.25, -0.2) is 9.75 Å². The number of halogens is 2. The second kappa shape index (κ2) is 9.52. The van der Waals surface area contributed by atoms with Crippen molar-refractivity contribution in [2.24, 2.45) is 0 Å². The molecular formula is C20H16Cl2N6O4. The lowest BCUT2D eigenvalue weighted by Gasteiger charge is -2.37. The summed E-state index contributed by atoms with van der Waals surface area (Å²) in [6.45, 7) is -0.232. The largest absolute Gasteiger partial charge is 0.480 e. The van der Waals surface area contributed by atoms with Crippen molar-refractivity contribution in [2.75, 3.05) is 18.5 Å². The molecule has 4 rings (SSSR count). The quantitative estimate of drug-likeness (QED) is 0.574. The fourth-order valence-electron chi connectivity index (χ4n) is 3.15. The van der Waals surface area contributed by atoms with Gasteiger partial charge in [-0.15, -0.1) is 10.2 Å². The SMILES string of the molecule is N#Cc1ccc(CC(C(=O)O)N2CON(c3cc(Cl)ccc3-n3cc(Cl)nn3)CO2)cc1. The summed E-state index contributed by atoms with van der Waals surface area (Å²) in [5, 5.41) is 29.7. The zero-order valence-corrected chi connectivity index (χ0v) is 17.9. The maximum absolute atomic E-state index is 11.9. The molecule has 32 heavy (non-hydrogen) atoms. The highest BCUT2D eigenvalue weighted by Crippen LogP contribution is 2.30. The van der Waals surface area contributed by atoms with Gasteiger partial charge in [-0.2, -0.15) is 5.26 Å². The van der Waals surface area contributed by atoms with Gasteiger partial charge in [0.15, 0.2) is 18.6 Å². The van der Waals surface area contributed by atoms with Crippen LogP contribution in [-0.4, -0.2) is 50.6 Å². The zero-order chi connectivity index (χ0) is 22.7. The molecule has 1 aliphatic heterocycles. The average Bonchev–Trinajstić information content (AvgIpc) is 3.24. The molecule has 2 aromatic carbocycles. The molecule has 2 heterocycles. The minimum atomic E-state index is -1.06. The van der Waals surface area contributed by atoms with Crippen LogP contribution in [0.15, 0.2) is 48.7 Å². The number of aliphatic carboxylic acids is 1. The van der Waals surface area contributed by atoms with Gasteiger partial charge in [-0.1, -0.05) is 40.5 Å². The second-order valence-corrected chi connectivity index (χ2v) is 7.62. The third-order valence-corrected chi connectivity index (χ3v) is 5.15. The Hall–Kier alpha value is -3.20. The number of carbonyl (C=O) groups is 1. The first-order valence-corrected chi connectivity index (χ1v) is 10.1. The lowest BCUT2D eigenvalue weighted by atomic mass is 10.0. The number of aromatic nitrogens is 3. The first-order chi connectivity index (χ1) is 15.4. The van der Waals surface area contributed by atoms with E-state index in [0.29, 0.717) is 22.0 Å². The molecule has 0 saturated carbocycles. The number of nitriles is 1. The highest BCUT2D eigenvalue weighted by molar-refractivity contribution is 6.31. The predicted octanol–water partition coefficient (Wildman–Crippen LogP) is 3.04. The third-order valence-electron chi connectivity index (χ3n) is 4.74. The maximum Gasteiger partial charge on any atom is 0.323 e. The van der Waals surface area contributed by atoms with E-state index < -0.39 is 12.0 Å². The molecular weight excluding hydrogens is 459 g/mol. The molecule has 1 aliphatic rings. The van der Waals surface area contributed by atoms with Crippen LogP contribution >= 0.6 is 23.2 Å². The number of hydroxylamine groups is 3. The lowest BCUT2D eigenvalue weighted by molar-refractivity contribution is -0.282. The fourth-order valence-corrected chi connectivity index (χ4v) is 3.44. The lowest BCUT2D eigenvalue weighted by Crippen LogP contribution is -2.51. The molecule has 3 aromatic rings. The normalized spacial score (nSPS) is 15.3. The van der Waals surface area contributed by atoms with Gasteiger partial charge in [-0.05, 0) is 35.9 Å². The molecule has 1 atom stereocenters. The first-order valence-electron chi connectivity index (χ1n) is 9.34. The van der Waals surface area contributed by atoms with Gasteiger partial charge in [0, 0.05) is 11.4 Å². The molecule has 12 heteroatoms. The van der Waals surface area contributed by atoms with Gasteiger partial charge in [0.05, 0.1) is 29.2 Å². The van der Waals surface area contributed by atoms with Gasteiger partial charge in [0.25, 0.3) is 0 Å². The molecule has 0 bridgehead atoms. The number of nitrogens with zero attached hydrogens (tertiary/aromatic N) is 6. The Morgan fingerprint density at radius 1 is 1.16 bits per heavy atom. The summed E-state index contributed by atoms with van der Waals surface area (Å²) >= 11 is 12.0. The van der Waals surface area contributed by atoms with Crippen molar-refractivity contribution in [3.63, 3.8) is 0 Å². The number of benzene rings is 2. The van der Waals surface area contributed by atoms with E-state index >= 15 is 0 Å². The molecule has 0 aliphatic carbocycles. The molecule has 164 valence electrons. The van der Waals surface area contributed by atoms with Crippen LogP contribution in [0, 0.1) is 11.3 Å². The standard InChI is InChI=1S/C20H16Cl2N6O4/c21-15-5-6-16(26-10-19(22)24-25-26)17(8-15)27-11-32-28(12-31-27)18(20(29)30)7-13-1-3-14(9-23)4-2-13/h1-6,8,10,18H,7,11-12H2,(H,29,30). The van der Waals surface area contributed by atoms with Crippen LogP contribution in [0.3, 0.4) is 0 Å². The minimum Gasteiger partial charge on any atom is -0.480 e. The van der Waals surface area contributed by atoms with Crippen LogP contribution in [0.1, 0.15) is 11.1 Å². The maximum atomic E-state index is 11.9. The molecule has 1 fully saturated rings. The van der Waals surface area contributed by atoms with E-state index in [1.54, 1.807) is 42.5 Å². The number of hydrogen-bond donors (Lipinski definition) is 1. The zero-order valence-electron chi connectivity index (χ0n) is 16.4. The topological polar surface area (TPSA) is 117 Å². The molecule has 10 nitrogen and oxygen atoms in total. The van der Waals surface area contributed by atoms with Gasteiger partial charge in [-0.3, -0.25) is 14.5 Å². The van der Waals surface area contributed by atoms with Crippen LogP contribution in [0.25, 0.3) is 5.69 Å². The van der Waals surface area contributed by atoms with Crippen LogP contribution < -0.4 is 5.06 Å². The van der Waals surface area contributed by atoms with Crippen LogP contribution in [0.2, 0.25) is 10.2 Å². The molecule has 0 amide bonds. The Morgan fingerprint density at radius 2 is 1.94 bits per heavy atom. The van der Waals surface area contributed by atoms with Crippen molar-refractivity contribution in [3.05, 3.63) is 70.0 Å². The highest BCUT2D eigenvalue weighted by Gasteiger charge is 2.32. The summed E-state index contributed by atoms with van der Waals surface area (Å²) in [5.41, 5.74) is 2.39. The van der Waals surface area contributed by atoms with Gasteiger partial charge >= 0.3 is 5.97 Å². The molecule has 1 aromatic heterocycles. The van der Waals surface area contributed by atoms with E-state index in [9.17, 15) is 9.90 Å². The number of hydrogen-bond acceptors (Lipinski definition) is 8. The fraction of sp³-hybridized carbons (Fsp3) is 0.200. The van der Waals surface area contributed by atoms with Crippen LogP contribution in [0.4, 0.5) is 5.69 Å². The smallest absolute Gasteiger partial charge is 0.323 e. The van der Waals surface area contributed by atoms with Gasteiger partial charge in [0.1, 0.15) is 6.04 Å². The summed E-state index contributed by atoms with van der Waals surface area (Å²) in [6, 6.07) is 12.8. The Morgan fingerprint density at radius 3 is 2.53 bits per heavy atom. The third kappa shape index (κ3) is 4.83. The molecule has 0 spiro atoms. The van der Waals surface area contributed by atoms with Crippen molar-refractivity contribution in [1.29, 1.82) is 5.26 Å². The summed E-state index contributed by atoms with van der Waals surface area (Å²) in [6.07, 6.45) is 1.70. The molecule has 1 unspecified atom stereocenters. The minimum absolute atomic E-state index is 0.0904. The molecule has 0 radical (unpaired) electrons. The van der Waals surface area contributed by atoms with Crippen molar-refractivity contribution in [1.82, 2.24) is 20.1 Å². The van der Waals surface area contributed by atoms with E-state index in [0.717, 1.165) is 5.56 Å². The predicted molar refractivity (Wildman–Crippen MR) is 114 cm³/mol. The van der Waals surface area contributed by atoms with E-state index in [-0.39, 0.29) is 25.0 Å². The summed E-state index contributed by atoms with van der Waals surface area (Å²) in [4.78, 5) is 23.4. The van der Waals surface area contributed by atoms with Gasteiger partial charge < -0.3 is 5.11 Å². The summed E-state index contributed by atoms with van der Waals surface area (Å²) in [7, 11) is 0. The number of carboxylic acids is 1. The second-order valence-electron chi connectivity index (χ2n) is 6.80. The summed E-state index contributed by atoms with van der Waals surface area (Å²) < 4.78 is 1.47. The summed E-state index contributed by atoms with van der Waals surface area (Å²) in [5.74, 6) is -1.06. The average molecular weight is 475 g/mol. The van der Waals surface area contributed by atoms with Crippen molar-refractivity contribution in [2.45, 2.75) is 12.5 Å². The Kier molecular flexibility index (Phi) is 6.55. The molecule has 1 N–H and O–H groups in total. The monoisotopic (exact) mass is 474 g/mol. The van der Waals surface area contributed by atoms with Crippen molar-refractivity contribution < 1.29 is 19.6 Å². The number of carboxylic acid groups (broad SMARTS) is 1. The van der Waals surface area contributed by atoms with Gasteiger partial charge in [0.2, 0.25) is 0 Å². The number of anilines is 1. The first kappa shape index (κ1) is 22.0.